The van der Waals surface area contributed by atoms with Gasteiger partial charge in [-0.15, -0.1) is 0 Å². The van der Waals surface area contributed by atoms with Crippen LogP contribution < -0.4 is 4.90 Å². The molecule has 9 aromatic carbocycles. The van der Waals surface area contributed by atoms with Gasteiger partial charge in [-0.05, 0) is 126 Å². The molecule has 56 heavy (non-hydrogen) atoms. The molecule has 0 spiro atoms. The second-order valence-electron chi connectivity index (χ2n) is 15.1. The smallest absolute Gasteiger partial charge is 0.0467 e. The lowest BCUT2D eigenvalue weighted by atomic mass is 9.73. The number of hydrogen-bond donors (Lipinski definition) is 0. The molecule has 0 unspecified atom stereocenters. The molecule has 0 saturated heterocycles. The summed E-state index contributed by atoms with van der Waals surface area (Å²) in [5, 5.41) is 5.04. The molecule has 0 radical (unpaired) electrons. The van der Waals surface area contributed by atoms with Gasteiger partial charge in [0.15, 0.2) is 0 Å². The molecule has 0 saturated carbocycles. The number of anilines is 3. The molecule has 0 aromatic heterocycles. The van der Waals surface area contributed by atoms with Crippen LogP contribution in [-0.4, -0.2) is 0 Å². The van der Waals surface area contributed by atoms with E-state index in [9.17, 15) is 0 Å². The molecule has 0 amide bonds. The van der Waals surface area contributed by atoms with Crippen molar-refractivity contribution in [1.82, 2.24) is 0 Å². The summed E-state index contributed by atoms with van der Waals surface area (Å²) < 4.78 is 0. The van der Waals surface area contributed by atoms with Gasteiger partial charge < -0.3 is 4.90 Å². The minimum Gasteiger partial charge on any atom is -0.310 e. The van der Waals surface area contributed by atoms with E-state index in [-0.39, 0.29) is 5.41 Å². The minimum atomic E-state index is 0.0310. The van der Waals surface area contributed by atoms with Gasteiger partial charge >= 0.3 is 0 Å². The van der Waals surface area contributed by atoms with Crippen molar-refractivity contribution in [3.63, 3.8) is 0 Å². The monoisotopic (exact) mass is 717 g/mol. The maximum Gasteiger partial charge on any atom is 0.0467 e. The summed E-state index contributed by atoms with van der Waals surface area (Å²) in [6, 6.07) is 73.8. The highest BCUT2D eigenvalue weighted by atomic mass is 15.1. The summed E-state index contributed by atoms with van der Waals surface area (Å²) in [6.45, 7) is 4.69. The van der Waals surface area contributed by atoms with Crippen LogP contribution in [0.3, 0.4) is 0 Å². The van der Waals surface area contributed by atoms with Crippen molar-refractivity contribution < 1.29 is 0 Å². The number of nitrogens with zero attached hydrogens (tertiary/aromatic N) is 1. The molecule has 0 N–H and O–H groups in total. The third-order valence-corrected chi connectivity index (χ3v) is 12.4. The van der Waals surface area contributed by atoms with Gasteiger partial charge in [0.2, 0.25) is 0 Å². The van der Waals surface area contributed by atoms with Crippen molar-refractivity contribution in [2.75, 3.05) is 4.90 Å². The highest BCUT2D eigenvalue weighted by molar-refractivity contribution is 5.99. The Balaban J connectivity index is 1.11. The Morgan fingerprint density at radius 3 is 1.43 bits per heavy atom. The Hall–Kier alpha value is -6.70. The summed E-state index contributed by atoms with van der Waals surface area (Å²) in [5.74, 6) is 0. The minimum absolute atomic E-state index is 0.0310. The lowest BCUT2D eigenvalue weighted by molar-refractivity contribution is 0.490. The van der Waals surface area contributed by atoms with E-state index < -0.39 is 0 Å². The molecule has 1 aliphatic carbocycles. The van der Waals surface area contributed by atoms with Crippen LogP contribution in [0, 0.1) is 0 Å². The van der Waals surface area contributed by atoms with Crippen molar-refractivity contribution in [2.45, 2.75) is 32.1 Å². The maximum absolute atomic E-state index is 2.41. The van der Waals surface area contributed by atoms with Crippen LogP contribution in [0.5, 0.6) is 0 Å². The maximum atomic E-state index is 2.41. The Kier molecular flexibility index (Phi) is 8.37. The molecule has 1 nitrogen and oxygen atoms in total. The van der Waals surface area contributed by atoms with Crippen LogP contribution in [0.15, 0.2) is 200 Å². The number of fused-ring (bicyclic) bond motifs is 5. The molecule has 0 fully saturated rings. The van der Waals surface area contributed by atoms with E-state index in [1.165, 1.54) is 77.2 Å². The predicted octanol–water partition coefficient (Wildman–Crippen LogP) is 15.6. The van der Waals surface area contributed by atoms with Crippen LogP contribution >= 0.6 is 0 Å². The molecule has 1 heteroatoms. The van der Waals surface area contributed by atoms with E-state index >= 15 is 0 Å². The zero-order chi connectivity index (χ0) is 37.6. The lowest BCUT2D eigenvalue weighted by Crippen LogP contribution is -2.22. The topological polar surface area (TPSA) is 3.24 Å². The van der Waals surface area contributed by atoms with Crippen molar-refractivity contribution in [3.8, 4) is 44.5 Å². The zero-order valence-corrected chi connectivity index (χ0v) is 31.9. The number of rotatable bonds is 8. The van der Waals surface area contributed by atoms with Crippen LogP contribution in [0.2, 0.25) is 0 Å². The molecular formula is C55H43N. The number of hydrogen-bond acceptors (Lipinski definition) is 1. The van der Waals surface area contributed by atoms with E-state index in [1.807, 2.05) is 0 Å². The fraction of sp³-hybridized carbons (Fsp3) is 0.0909. The SMILES string of the molecule is CCC1(CC)c2ccccc2-c2c(-c3cccc(N(c4ccc(-c5cccc6ccccc56)cc4)c4ccc(-c5cccc6ccccc56)cc4)c3)cccc21. The highest BCUT2D eigenvalue weighted by Crippen LogP contribution is 2.55. The van der Waals surface area contributed by atoms with E-state index in [4.69, 9.17) is 0 Å². The molecule has 0 aliphatic heterocycles. The molecule has 0 heterocycles. The lowest BCUT2D eigenvalue weighted by Gasteiger charge is -2.29. The van der Waals surface area contributed by atoms with Crippen molar-refractivity contribution in [3.05, 3.63) is 211 Å². The molecule has 1 aliphatic rings. The molecule has 0 atom stereocenters. The fourth-order valence-electron chi connectivity index (χ4n) is 9.55. The number of benzene rings is 9. The predicted molar refractivity (Wildman–Crippen MR) is 239 cm³/mol. The van der Waals surface area contributed by atoms with Crippen molar-refractivity contribution >= 4 is 38.6 Å². The first-order valence-electron chi connectivity index (χ1n) is 20.0. The van der Waals surface area contributed by atoms with Crippen LogP contribution in [0.25, 0.3) is 66.1 Å². The van der Waals surface area contributed by atoms with Crippen LogP contribution in [-0.2, 0) is 5.41 Å². The zero-order valence-electron chi connectivity index (χ0n) is 31.9. The molecular weight excluding hydrogens is 675 g/mol. The average Bonchev–Trinajstić information content (AvgIpc) is 3.57. The summed E-state index contributed by atoms with van der Waals surface area (Å²) >= 11 is 0. The normalized spacial score (nSPS) is 12.8. The largest absolute Gasteiger partial charge is 0.310 e. The summed E-state index contributed by atoms with van der Waals surface area (Å²) in [6.07, 6.45) is 2.16. The van der Waals surface area contributed by atoms with E-state index in [0.717, 1.165) is 29.9 Å². The third-order valence-electron chi connectivity index (χ3n) is 12.4. The highest BCUT2D eigenvalue weighted by Gasteiger charge is 2.41. The first-order valence-corrected chi connectivity index (χ1v) is 20.0. The van der Waals surface area contributed by atoms with Gasteiger partial charge in [0.25, 0.3) is 0 Å². The van der Waals surface area contributed by atoms with E-state index in [1.54, 1.807) is 0 Å². The second kappa shape index (κ2) is 13.9. The quantitative estimate of drug-likeness (QED) is 0.151. The van der Waals surface area contributed by atoms with Crippen molar-refractivity contribution in [1.29, 1.82) is 0 Å². The average molecular weight is 718 g/mol. The first kappa shape index (κ1) is 33.8. The Morgan fingerprint density at radius 1 is 0.357 bits per heavy atom. The third kappa shape index (κ3) is 5.46. The Morgan fingerprint density at radius 2 is 0.821 bits per heavy atom. The van der Waals surface area contributed by atoms with Crippen molar-refractivity contribution in [2.24, 2.45) is 0 Å². The van der Waals surface area contributed by atoms with Gasteiger partial charge in [-0.25, -0.2) is 0 Å². The molecule has 9 aromatic rings. The Bertz CT molecular complexity index is 2740. The standard InChI is InChI=1S/C55H43N/c1-3-55(4-2)52-27-10-9-23-51(52)54-50(26-14-28-53(54)55)42-19-11-20-45(37-42)56(43-33-29-40(30-34-43)48-24-12-17-38-15-5-7-21-46(38)48)44-35-31-41(32-36-44)49-25-13-18-39-16-6-8-22-47(39)49/h5-37H,3-4H2,1-2H3. The molecule has 10 rings (SSSR count). The van der Waals surface area contributed by atoms with Gasteiger partial charge in [-0.1, -0.05) is 178 Å². The van der Waals surface area contributed by atoms with Gasteiger partial charge in [0.1, 0.15) is 0 Å². The summed E-state index contributed by atoms with van der Waals surface area (Å²) in [7, 11) is 0. The molecule has 268 valence electrons. The summed E-state index contributed by atoms with van der Waals surface area (Å²) in [4.78, 5) is 2.41. The first-order chi connectivity index (χ1) is 27.7. The van der Waals surface area contributed by atoms with Crippen LogP contribution in [0.4, 0.5) is 17.1 Å². The van der Waals surface area contributed by atoms with Gasteiger partial charge in [-0.3, -0.25) is 0 Å². The van der Waals surface area contributed by atoms with Gasteiger partial charge in [-0.2, -0.15) is 0 Å². The summed E-state index contributed by atoms with van der Waals surface area (Å²) in [5.41, 5.74) is 16.5. The van der Waals surface area contributed by atoms with Gasteiger partial charge in [0, 0.05) is 22.5 Å². The second-order valence-corrected chi connectivity index (χ2v) is 15.1. The fourth-order valence-corrected chi connectivity index (χ4v) is 9.55. The van der Waals surface area contributed by atoms with Crippen LogP contribution in [0.1, 0.15) is 37.8 Å². The van der Waals surface area contributed by atoms with E-state index in [0.29, 0.717) is 0 Å². The molecule has 0 bridgehead atoms. The Labute approximate surface area is 330 Å². The van der Waals surface area contributed by atoms with Gasteiger partial charge in [0.05, 0.1) is 0 Å². The van der Waals surface area contributed by atoms with E-state index in [2.05, 4.69) is 219 Å².